The molecule has 4 rings (SSSR count). The second-order valence-electron chi connectivity index (χ2n) is 10.8. The number of ether oxygens (including phenoxy) is 2. The number of carbonyl (C=O) groups is 1. The smallest absolute Gasteiger partial charge is 0.407 e. The number of sulfonamides is 1. The van der Waals surface area contributed by atoms with E-state index in [0.717, 1.165) is 24.8 Å². The van der Waals surface area contributed by atoms with E-state index in [2.05, 4.69) is 35.9 Å². The van der Waals surface area contributed by atoms with E-state index in [-0.39, 0.29) is 24.5 Å². The maximum atomic E-state index is 13.0. The van der Waals surface area contributed by atoms with E-state index in [1.807, 2.05) is 25.1 Å². The number of methoxy groups -OCH3 is 1. The van der Waals surface area contributed by atoms with Crippen LogP contribution in [-0.4, -0.2) is 68.2 Å². The Morgan fingerprint density at radius 2 is 1.76 bits per heavy atom. The van der Waals surface area contributed by atoms with E-state index in [0.29, 0.717) is 30.4 Å². The second-order valence-corrected chi connectivity index (χ2v) is 12.6. The van der Waals surface area contributed by atoms with E-state index in [1.165, 1.54) is 10.5 Å². The zero-order valence-corrected chi connectivity index (χ0v) is 23.3. The maximum Gasteiger partial charge on any atom is 0.407 e. The predicted octanol–water partition coefficient (Wildman–Crippen LogP) is 4.66. The van der Waals surface area contributed by atoms with Gasteiger partial charge in [-0.1, -0.05) is 49.4 Å². The quantitative estimate of drug-likeness (QED) is 0.451. The molecule has 1 saturated heterocycles. The van der Waals surface area contributed by atoms with Crippen LogP contribution in [0.4, 0.5) is 4.79 Å². The molecular formula is C29H40N2O6S. The van der Waals surface area contributed by atoms with Crippen molar-refractivity contribution in [3.63, 3.8) is 0 Å². The molecular weight excluding hydrogens is 504 g/mol. The van der Waals surface area contributed by atoms with Gasteiger partial charge in [0.2, 0.25) is 10.0 Å². The summed E-state index contributed by atoms with van der Waals surface area (Å²) in [6.07, 6.45) is 2.67. The molecule has 2 aliphatic rings. The molecule has 1 heterocycles. The van der Waals surface area contributed by atoms with Crippen LogP contribution in [0, 0.1) is 5.92 Å². The van der Waals surface area contributed by atoms with Crippen LogP contribution in [-0.2, 0) is 21.2 Å². The van der Waals surface area contributed by atoms with E-state index < -0.39 is 28.2 Å². The van der Waals surface area contributed by atoms with Gasteiger partial charge in [-0.2, -0.15) is 0 Å². The molecule has 1 aliphatic carbocycles. The molecule has 1 saturated carbocycles. The van der Waals surface area contributed by atoms with Crippen LogP contribution in [0.3, 0.4) is 0 Å². The molecule has 0 radical (unpaired) electrons. The van der Waals surface area contributed by atoms with Gasteiger partial charge < -0.3 is 14.6 Å². The number of nitrogens with one attached hydrogen (secondary N) is 1. The zero-order valence-electron chi connectivity index (χ0n) is 22.5. The van der Waals surface area contributed by atoms with Gasteiger partial charge in [-0.3, -0.25) is 4.90 Å². The van der Waals surface area contributed by atoms with Crippen LogP contribution in [0.2, 0.25) is 0 Å². The lowest BCUT2D eigenvalue weighted by Gasteiger charge is -2.36. The minimum atomic E-state index is -3.63. The Morgan fingerprint density at radius 1 is 1.05 bits per heavy atom. The van der Waals surface area contributed by atoms with Crippen LogP contribution in [0.1, 0.15) is 56.6 Å². The minimum Gasteiger partial charge on any atom is -0.497 e. The van der Waals surface area contributed by atoms with Crippen molar-refractivity contribution < 1.29 is 27.8 Å². The second kappa shape index (κ2) is 12.5. The normalized spacial score (nSPS) is 27.8. The fraction of sp³-hybridized carbons (Fsp3) is 0.552. The average Bonchev–Trinajstić information content (AvgIpc) is 3.21. The molecule has 1 aliphatic heterocycles. The number of aryl methyl sites for hydroxylation is 1. The monoisotopic (exact) mass is 544 g/mol. The van der Waals surface area contributed by atoms with Crippen molar-refractivity contribution in [3.8, 4) is 5.75 Å². The summed E-state index contributed by atoms with van der Waals surface area (Å²) >= 11 is 0. The lowest BCUT2D eigenvalue weighted by Crippen LogP contribution is -2.50. The minimum absolute atomic E-state index is 0.0221. The van der Waals surface area contributed by atoms with Crippen LogP contribution >= 0.6 is 0 Å². The van der Waals surface area contributed by atoms with Crippen molar-refractivity contribution in [2.45, 2.75) is 76.1 Å². The molecule has 208 valence electrons. The molecule has 6 atom stereocenters. The predicted molar refractivity (Wildman–Crippen MR) is 147 cm³/mol. The summed E-state index contributed by atoms with van der Waals surface area (Å²) in [6.45, 7) is 4.18. The Bertz CT molecular complexity index is 1160. The summed E-state index contributed by atoms with van der Waals surface area (Å²) in [7, 11) is -2.05. The summed E-state index contributed by atoms with van der Waals surface area (Å²) in [4.78, 5) is 13.5. The Labute approximate surface area is 226 Å². The molecule has 2 aromatic carbocycles. The zero-order chi connectivity index (χ0) is 27.3. The van der Waals surface area contributed by atoms with Crippen molar-refractivity contribution >= 4 is 16.1 Å². The third-order valence-electron chi connectivity index (χ3n) is 8.10. The highest BCUT2D eigenvalue weighted by Gasteiger charge is 2.44. The molecule has 2 fully saturated rings. The van der Waals surface area contributed by atoms with E-state index in [9.17, 15) is 18.3 Å². The summed E-state index contributed by atoms with van der Waals surface area (Å²) in [5, 5.41) is 9.90. The van der Waals surface area contributed by atoms with Crippen molar-refractivity contribution in [3.05, 3.63) is 65.7 Å². The van der Waals surface area contributed by atoms with Crippen molar-refractivity contribution in [1.82, 2.24) is 9.62 Å². The Hall–Kier alpha value is -2.62. The number of nitrogens with zero attached hydrogens (tertiary/aromatic N) is 1. The molecule has 3 unspecified atom stereocenters. The molecule has 0 aromatic heterocycles. The summed E-state index contributed by atoms with van der Waals surface area (Å²) in [6, 6.07) is 16.4. The van der Waals surface area contributed by atoms with Gasteiger partial charge in [-0.05, 0) is 74.1 Å². The maximum absolute atomic E-state index is 13.0. The van der Waals surface area contributed by atoms with Gasteiger partial charge in [-0.15, -0.1) is 0 Å². The highest BCUT2D eigenvalue weighted by molar-refractivity contribution is 7.89. The molecule has 0 spiro atoms. The summed E-state index contributed by atoms with van der Waals surface area (Å²) in [5.74, 6) is 1.46. The number of rotatable bonds is 10. The Balaban J connectivity index is 1.36. The fourth-order valence-electron chi connectivity index (χ4n) is 6.01. The van der Waals surface area contributed by atoms with Gasteiger partial charge in [-0.25, -0.2) is 17.9 Å². The highest BCUT2D eigenvalue weighted by Crippen LogP contribution is 2.38. The first kappa shape index (κ1) is 28.4. The van der Waals surface area contributed by atoms with Gasteiger partial charge in [0.05, 0.1) is 31.6 Å². The summed E-state index contributed by atoms with van der Waals surface area (Å²) < 4.78 is 40.3. The standard InChI is InChI=1S/C29H40N2O6S/c1-20-17-24(23-7-5-4-6-8-23)11-14-28(20)37-19-27-26(18-21(2)31(27)29(32)33)30-38(34,35)16-15-22-9-12-25(36-3)13-10-22/h4-10,12-13,20-21,24,26-28,30H,11,14-19H2,1-3H3,(H,32,33)/t20?,21-,24?,26+,27+,28?/m1/s1. The fourth-order valence-corrected chi connectivity index (χ4v) is 7.35. The van der Waals surface area contributed by atoms with Gasteiger partial charge >= 0.3 is 6.09 Å². The van der Waals surface area contributed by atoms with E-state index in [1.54, 1.807) is 19.2 Å². The number of amides is 1. The average molecular weight is 545 g/mol. The van der Waals surface area contributed by atoms with Crippen LogP contribution in [0.15, 0.2) is 54.6 Å². The molecule has 0 bridgehead atoms. The first-order chi connectivity index (χ1) is 18.2. The van der Waals surface area contributed by atoms with Crippen LogP contribution in [0.25, 0.3) is 0 Å². The van der Waals surface area contributed by atoms with E-state index >= 15 is 0 Å². The number of carboxylic acid groups (broad SMARTS) is 1. The molecule has 9 heteroatoms. The summed E-state index contributed by atoms with van der Waals surface area (Å²) in [5.41, 5.74) is 2.24. The third kappa shape index (κ3) is 7.07. The van der Waals surface area contributed by atoms with Crippen LogP contribution < -0.4 is 9.46 Å². The SMILES string of the molecule is COc1ccc(CCS(=O)(=O)N[C@H]2C[C@@H](C)N(C(=O)O)[C@H]2COC2CCC(c3ccccc3)CC2C)cc1. The number of likely N-dealkylation sites (tertiary alicyclic amines) is 1. The number of hydrogen-bond acceptors (Lipinski definition) is 5. The topological polar surface area (TPSA) is 105 Å². The molecule has 1 amide bonds. The molecule has 38 heavy (non-hydrogen) atoms. The van der Waals surface area contributed by atoms with Gasteiger partial charge in [0, 0.05) is 12.1 Å². The third-order valence-corrected chi connectivity index (χ3v) is 9.51. The highest BCUT2D eigenvalue weighted by atomic mass is 32.2. The first-order valence-electron chi connectivity index (χ1n) is 13.5. The molecule has 8 nitrogen and oxygen atoms in total. The lowest BCUT2D eigenvalue weighted by atomic mass is 9.77. The Kier molecular flexibility index (Phi) is 9.33. The van der Waals surface area contributed by atoms with E-state index in [4.69, 9.17) is 9.47 Å². The largest absolute Gasteiger partial charge is 0.497 e. The van der Waals surface area contributed by atoms with Crippen molar-refractivity contribution in [1.29, 1.82) is 0 Å². The number of benzene rings is 2. The Morgan fingerprint density at radius 3 is 2.39 bits per heavy atom. The van der Waals surface area contributed by atoms with Crippen molar-refractivity contribution in [2.24, 2.45) is 5.92 Å². The van der Waals surface area contributed by atoms with Gasteiger partial charge in [0.25, 0.3) is 0 Å². The van der Waals surface area contributed by atoms with Gasteiger partial charge in [0.1, 0.15) is 5.75 Å². The molecule has 2 N–H and O–H groups in total. The number of hydrogen-bond donors (Lipinski definition) is 2. The molecule has 2 aromatic rings. The van der Waals surface area contributed by atoms with Crippen LogP contribution in [0.5, 0.6) is 5.75 Å². The van der Waals surface area contributed by atoms with Gasteiger partial charge in [0.15, 0.2) is 0 Å². The first-order valence-corrected chi connectivity index (χ1v) is 15.1. The lowest BCUT2D eigenvalue weighted by molar-refractivity contribution is -0.0330. The van der Waals surface area contributed by atoms with Crippen molar-refractivity contribution in [2.75, 3.05) is 19.5 Å².